The summed E-state index contributed by atoms with van der Waals surface area (Å²) in [6.07, 6.45) is 2.62. The topological polar surface area (TPSA) is 87.5 Å². The van der Waals surface area contributed by atoms with Gasteiger partial charge in [0.15, 0.2) is 0 Å². The summed E-state index contributed by atoms with van der Waals surface area (Å²) in [5.41, 5.74) is 1.64. The summed E-state index contributed by atoms with van der Waals surface area (Å²) in [6.45, 7) is 6.51. The van der Waals surface area contributed by atoms with Crippen LogP contribution < -0.4 is 9.62 Å². The monoisotopic (exact) mass is 525 g/mol. The van der Waals surface area contributed by atoms with E-state index in [1.54, 1.807) is 12.1 Å². The maximum Gasteiger partial charge on any atom is 0.304 e. The summed E-state index contributed by atoms with van der Waals surface area (Å²) < 4.78 is 57.9. The van der Waals surface area contributed by atoms with Crippen LogP contribution in [0.5, 0.6) is 0 Å². The first-order valence-corrected chi connectivity index (χ1v) is 14.0. The Morgan fingerprint density at radius 1 is 1.17 bits per heavy atom. The molecule has 0 atom stereocenters. The molecular weight excluding hydrogens is 488 g/mol. The molecule has 1 N–H and O–H groups in total. The van der Waals surface area contributed by atoms with Gasteiger partial charge >= 0.3 is 10.2 Å². The smallest absolute Gasteiger partial charge is 0.304 e. The lowest BCUT2D eigenvalue weighted by atomic mass is 9.86. The molecular formula is C25H37F2N5O3S. The van der Waals surface area contributed by atoms with E-state index < -0.39 is 16.1 Å². The predicted octanol–water partition coefficient (Wildman–Crippen LogP) is 4.05. The molecule has 200 valence electrons. The molecule has 0 unspecified atom stereocenters. The Hall–Kier alpha value is -2.27. The van der Waals surface area contributed by atoms with E-state index in [-0.39, 0.29) is 42.7 Å². The fourth-order valence-electron chi connectivity index (χ4n) is 4.74. The minimum Gasteiger partial charge on any atom is -0.352 e. The van der Waals surface area contributed by atoms with Crippen molar-refractivity contribution in [2.75, 3.05) is 24.9 Å². The fraction of sp³-hybridized carbons (Fsp3) is 0.680. The van der Waals surface area contributed by atoms with Crippen molar-refractivity contribution in [3.05, 3.63) is 24.0 Å². The molecule has 2 saturated carbocycles. The van der Waals surface area contributed by atoms with Crippen molar-refractivity contribution in [3.8, 4) is 0 Å². The molecule has 0 bridgehead atoms. The molecule has 1 heterocycles. The second-order valence-corrected chi connectivity index (χ2v) is 13.4. The van der Waals surface area contributed by atoms with Crippen molar-refractivity contribution in [2.24, 2.45) is 5.92 Å². The molecule has 1 amide bonds. The number of halogens is 2. The summed E-state index contributed by atoms with van der Waals surface area (Å²) in [6, 6.07) is 5.45. The minimum atomic E-state index is -3.94. The second kappa shape index (κ2) is 9.55. The number of fused-ring (bicyclic) bond motifs is 1. The Labute approximate surface area is 212 Å². The fourth-order valence-corrected chi connectivity index (χ4v) is 5.82. The summed E-state index contributed by atoms with van der Waals surface area (Å²) in [5.74, 6) is -1.91. The number of likely N-dealkylation sites (N-methyl/N-ethyl adjacent to an activating group) is 1. The first kappa shape index (κ1) is 26.8. The molecule has 2 aromatic rings. The largest absolute Gasteiger partial charge is 0.352 e. The average Bonchev–Trinajstić information content (AvgIpc) is 3.51. The number of hydrogen-bond donors (Lipinski definition) is 1. The summed E-state index contributed by atoms with van der Waals surface area (Å²) in [7, 11) is -1.10. The zero-order valence-electron chi connectivity index (χ0n) is 21.7. The minimum absolute atomic E-state index is 0.0891. The molecule has 1 aromatic heterocycles. The maximum atomic E-state index is 13.7. The van der Waals surface area contributed by atoms with E-state index in [0.29, 0.717) is 30.6 Å². The van der Waals surface area contributed by atoms with Crippen LogP contribution in [0.2, 0.25) is 0 Å². The molecule has 4 rings (SSSR count). The Morgan fingerprint density at radius 3 is 2.39 bits per heavy atom. The number of carbonyl (C=O) groups excluding carboxylic acids is 1. The van der Waals surface area contributed by atoms with E-state index in [2.05, 4.69) is 30.7 Å². The quantitative estimate of drug-likeness (QED) is 0.563. The Balaban J connectivity index is 1.58. The number of hydrogen-bond acceptors (Lipinski definition) is 4. The third kappa shape index (κ3) is 5.82. The van der Waals surface area contributed by atoms with Crippen molar-refractivity contribution in [3.63, 3.8) is 0 Å². The molecule has 0 spiro atoms. The van der Waals surface area contributed by atoms with Crippen LogP contribution in [0.25, 0.3) is 11.0 Å². The van der Waals surface area contributed by atoms with E-state index in [9.17, 15) is 22.0 Å². The Bertz CT molecular complexity index is 1220. The summed E-state index contributed by atoms with van der Waals surface area (Å²) in [5, 5.41) is 2.80. The highest BCUT2D eigenvalue weighted by atomic mass is 32.2. The van der Waals surface area contributed by atoms with Crippen molar-refractivity contribution < 1.29 is 22.0 Å². The maximum absolute atomic E-state index is 13.7. The molecule has 1 aromatic carbocycles. The van der Waals surface area contributed by atoms with Crippen LogP contribution >= 0.6 is 0 Å². The number of carbonyl (C=O) groups is 1. The van der Waals surface area contributed by atoms with Gasteiger partial charge in [-0.1, -0.05) is 20.8 Å². The number of nitrogens with one attached hydrogen (secondary N) is 1. The van der Waals surface area contributed by atoms with Crippen LogP contribution in [-0.4, -0.2) is 60.8 Å². The van der Waals surface area contributed by atoms with Gasteiger partial charge in [-0.05, 0) is 49.8 Å². The zero-order chi connectivity index (χ0) is 26.5. The van der Waals surface area contributed by atoms with Gasteiger partial charge in [-0.25, -0.2) is 13.8 Å². The number of aromatic nitrogens is 2. The van der Waals surface area contributed by atoms with Crippen LogP contribution in [0.4, 0.5) is 14.5 Å². The highest BCUT2D eigenvalue weighted by Crippen LogP contribution is 2.38. The average molecular weight is 526 g/mol. The van der Waals surface area contributed by atoms with Gasteiger partial charge in [-0.15, -0.1) is 0 Å². The van der Waals surface area contributed by atoms with Gasteiger partial charge in [0, 0.05) is 44.9 Å². The highest BCUT2D eigenvalue weighted by Gasteiger charge is 2.36. The Kier molecular flexibility index (Phi) is 7.11. The van der Waals surface area contributed by atoms with Gasteiger partial charge in [-0.3, -0.25) is 9.10 Å². The van der Waals surface area contributed by atoms with Crippen LogP contribution in [-0.2, 0) is 27.0 Å². The molecule has 36 heavy (non-hydrogen) atoms. The molecule has 11 heteroatoms. The lowest BCUT2D eigenvalue weighted by Gasteiger charge is -2.30. The van der Waals surface area contributed by atoms with E-state index in [4.69, 9.17) is 4.98 Å². The lowest BCUT2D eigenvalue weighted by molar-refractivity contribution is -0.121. The van der Waals surface area contributed by atoms with Crippen molar-refractivity contribution in [1.82, 2.24) is 19.2 Å². The third-order valence-corrected chi connectivity index (χ3v) is 8.91. The highest BCUT2D eigenvalue weighted by molar-refractivity contribution is 7.90. The number of amides is 1. The van der Waals surface area contributed by atoms with Gasteiger partial charge in [-0.2, -0.15) is 12.7 Å². The lowest BCUT2D eigenvalue weighted by Crippen LogP contribution is -2.45. The SMILES string of the molecule is CN(CC(=O)NC1CC1)S(=O)(=O)N(C)c1ccc2c(c1)nc(C(C)(C)C)n2CC1CCC(F)(F)CC1. The molecule has 2 aliphatic carbocycles. The number of nitrogens with zero attached hydrogens (tertiary/aromatic N) is 4. The van der Waals surface area contributed by atoms with E-state index in [1.807, 2.05) is 6.07 Å². The third-order valence-electron chi connectivity index (χ3n) is 7.09. The first-order valence-electron chi connectivity index (χ1n) is 12.6. The van der Waals surface area contributed by atoms with E-state index in [0.717, 1.165) is 32.8 Å². The van der Waals surface area contributed by atoms with Gasteiger partial charge in [0.05, 0.1) is 23.3 Å². The van der Waals surface area contributed by atoms with Gasteiger partial charge in [0.1, 0.15) is 5.82 Å². The molecule has 0 aliphatic heterocycles. The number of rotatable bonds is 8. The van der Waals surface area contributed by atoms with Crippen molar-refractivity contribution in [1.29, 1.82) is 0 Å². The number of alkyl halides is 2. The van der Waals surface area contributed by atoms with Crippen molar-refractivity contribution >= 4 is 32.8 Å². The number of imidazole rings is 1. The van der Waals surface area contributed by atoms with Crippen LogP contribution in [0.3, 0.4) is 0 Å². The molecule has 8 nitrogen and oxygen atoms in total. The molecule has 0 radical (unpaired) electrons. The van der Waals surface area contributed by atoms with Crippen molar-refractivity contribution in [2.45, 2.75) is 83.2 Å². The van der Waals surface area contributed by atoms with Gasteiger partial charge in [0.2, 0.25) is 11.8 Å². The molecule has 2 fully saturated rings. The van der Waals surface area contributed by atoms with Crippen LogP contribution in [0, 0.1) is 5.92 Å². The summed E-state index contributed by atoms with van der Waals surface area (Å²) >= 11 is 0. The zero-order valence-corrected chi connectivity index (χ0v) is 22.5. The predicted molar refractivity (Wildman–Crippen MR) is 136 cm³/mol. The Morgan fingerprint density at radius 2 is 1.81 bits per heavy atom. The number of benzene rings is 1. The second-order valence-electron chi connectivity index (χ2n) is 11.3. The van der Waals surface area contributed by atoms with E-state index in [1.165, 1.54) is 14.1 Å². The van der Waals surface area contributed by atoms with E-state index >= 15 is 0 Å². The normalized spacial score (nSPS) is 19.1. The summed E-state index contributed by atoms with van der Waals surface area (Å²) in [4.78, 5) is 17.0. The molecule has 2 aliphatic rings. The first-order chi connectivity index (χ1) is 16.7. The standard InChI is InChI=1S/C25H37F2N5O3S/c1-24(2,3)23-29-20-14-19(31(5)36(34,35)30(4)16-22(33)28-18-6-7-18)8-9-21(20)32(23)15-17-10-12-25(26,27)13-11-17/h8-9,14,17-18H,6-7,10-13,15-16H2,1-5H3,(H,28,33). The molecule has 0 saturated heterocycles. The van der Waals surface area contributed by atoms with Crippen LogP contribution in [0.15, 0.2) is 18.2 Å². The van der Waals surface area contributed by atoms with Crippen LogP contribution in [0.1, 0.15) is 65.1 Å². The number of anilines is 1. The van der Waals surface area contributed by atoms with Gasteiger partial charge < -0.3 is 9.88 Å². The van der Waals surface area contributed by atoms with Gasteiger partial charge in [0.25, 0.3) is 0 Å².